The number of hydrogen-bond donors (Lipinski definition) is 1. The first-order chi connectivity index (χ1) is 11.3. The molecule has 24 heavy (non-hydrogen) atoms. The van der Waals surface area contributed by atoms with E-state index in [-0.39, 0.29) is 11.9 Å². The van der Waals surface area contributed by atoms with Crippen molar-refractivity contribution in [2.75, 3.05) is 6.54 Å². The first-order valence-electron chi connectivity index (χ1n) is 8.24. The monoisotopic (exact) mass is 333 g/mol. The Balaban J connectivity index is 1.91. The van der Waals surface area contributed by atoms with E-state index in [9.17, 15) is 14.7 Å². The number of aromatic nitrogens is 2. The molecular formula is C17H23N3O4. The van der Waals surface area contributed by atoms with Gasteiger partial charge in [0.15, 0.2) is 0 Å². The molecule has 2 aliphatic heterocycles. The molecule has 0 bridgehead atoms. The average Bonchev–Trinajstić information content (AvgIpc) is 2.78. The second-order valence-corrected chi connectivity index (χ2v) is 7.24. The average molecular weight is 333 g/mol. The Kier molecular flexibility index (Phi) is 4.11. The van der Waals surface area contributed by atoms with E-state index in [0.717, 1.165) is 23.9 Å². The number of ketones is 1. The van der Waals surface area contributed by atoms with E-state index in [2.05, 4.69) is 5.10 Å². The summed E-state index contributed by atoms with van der Waals surface area (Å²) < 4.78 is 7.15. The molecule has 2 aliphatic rings. The quantitative estimate of drug-likeness (QED) is 0.583. The maximum atomic E-state index is 12.7. The second kappa shape index (κ2) is 5.96. The van der Waals surface area contributed by atoms with Crippen LogP contribution in [0.4, 0.5) is 4.79 Å². The summed E-state index contributed by atoms with van der Waals surface area (Å²) in [7, 11) is 0. The van der Waals surface area contributed by atoms with E-state index in [1.54, 1.807) is 9.58 Å². The van der Waals surface area contributed by atoms with Crippen LogP contribution in [0.25, 0.3) is 0 Å². The number of Topliss-reactive ketones (excluding diaryl/α,β-unsaturated/α-hetero) is 1. The van der Waals surface area contributed by atoms with Crippen LogP contribution in [0.5, 0.6) is 0 Å². The Labute approximate surface area is 140 Å². The number of fused-ring (bicyclic) bond motifs is 3. The van der Waals surface area contributed by atoms with Crippen LogP contribution in [0.3, 0.4) is 0 Å². The molecule has 0 saturated carbocycles. The van der Waals surface area contributed by atoms with Crippen molar-refractivity contribution in [3.05, 3.63) is 28.8 Å². The van der Waals surface area contributed by atoms with Crippen LogP contribution in [0.15, 0.2) is 11.8 Å². The molecule has 0 aromatic carbocycles. The van der Waals surface area contributed by atoms with E-state index in [4.69, 9.17) is 4.74 Å². The van der Waals surface area contributed by atoms with Crippen LogP contribution in [0, 0.1) is 0 Å². The lowest BCUT2D eigenvalue weighted by Gasteiger charge is -2.29. The highest BCUT2D eigenvalue weighted by Crippen LogP contribution is 2.28. The number of nitrogens with zero attached hydrogens (tertiary/aromatic N) is 3. The smallest absolute Gasteiger partial charge is 0.410 e. The van der Waals surface area contributed by atoms with Crippen LogP contribution in [-0.4, -0.2) is 43.8 Å². The van der Waals surface area contributed by atoms with Crippen molar-refractivity contribution < 1.29 is 19.4 Å². The number of carbonyl (C=O) groups is 2. The molecule has 130 valence electrons. The highest BCUT2D eigenvalue weighted by Gasteiger charge is 2.33. The Morgan fingerprint density at radius 3 is 2.71 bits per heavy atom. The van der Waals surface area contributed by atoms with Crippen molar-refractivity contribution >= 4 is 11.9 Å². The minimum absolute atomic E-state index is 0.199. The van der Waals surface area contributed by atoms with Gasteiger partial charge >= 0.3 is 6.09 Å². The van der Waals surface area contributed by atoms with E-state index >= 15 is 0 Å². The number of aliphatic hydroxyl groups is 1. The standard InChI is InChI=1S/C17H23N3O4/c1-17(2,3)24-16(23)19-8-6-13-12(9-19)14-15(22)11(10-21)5-4-7-20(14)18-13/h10,21H,4-9H2,1-3H3/b11-10-. The van der Waals surface area contributed by atoms with Gasteiger partial charge in [-0.2, -0.15) is 5.10 Å². The number of allylic oxidation sites excluding steroid dienone is 1. The molecule has 7 heteroatoms. The van der Waals surface area contributed by atoms with Crippen molar-refractivity contribution in [3.63, 3.8) is 0 Å². The Hall–Kier alpha value is -2.31. The van der Waals surface area contributed by atoms with Gasteiger partial charge < -0.3 is 14.7 Å². The predicted octanol–water partition coefficient (Wildman–Crippen LogP) is 2.59. The Morgan fingerprint density at radius 1 is 1.29 bits per heavy atom. The zero-order chi connectivity index (χ0) is 17.5. The molecule has 7 nitrogen and oxygen atoms in total. The van der Waals surface area contributed by atoms with Gasteiger partial charge in [-0.3, -0.25) is 9.48 Å². The van der Waals surface area contributed by atoms with Crippen LogP contribution in [0.2, 0.25) is 0 Å². The molecule has 1 aromatic rings. The zero-order valence-corrected chi connectivity index (χ0v) is 14.3. The third-order valence-corrected chi connectivity index (χ3v) is 4.23. The molecule has 0 fully saturated rings. The van der Waals surface area contributed by atoms with Crippen LogP contribution < -0.4 is 0 Å². The molecule has 0 radical (unpaired) electrons. The number of rotatable bonds is 0. The van der Waals surface area contributed by atoms with Crippen LogP contribution in [-0.2, 0) is 24.2 Å². The van der Waals surface area contributed by atoms with Gasteiger partial charge in [-0.1, -0.05) is 0 Å². The molecule has 3 rings (SSSR count). The lowest BCUT2D eigenvalue weighted by atomic mass is 9.99. The molecule has 1 N–H and O–H groups in total. The van der Waals surface area contributed by atoms with Gasteiger partial charge in [0.05, 0.1) is 18.5 Å². The summed E-state index contributed by atoms with van der Waals surface area (Å²) in [4.78, 5) is 26.6. The summed E-state index contributed by atoms with van der Waals surface area (Å²) in [5.41, 5.74) is 1.97. The van der Waals surface area contributed by atoms with Crippen molar-refractivity contribution in [1.82, 2.24) is 14.7 Å². The van der Waals surface area contributed by atoms with Gasteiger partial charge in [0.25, 0.3) is 0 Å². The van der Waals surface area contributed by atoms with Crippen molar-refractivity contribution in [2.24, 2.45) is 0 Å². The summed E-state index contributed by atoms with van der Waals surface area (Å²) in [5.74, 6) is -0.199. The van der Waals surface area contributed by atoms with E-state index in [0.29, 0.717) is 43.7 Å². The minimum Gasteiger partial charge on any atom is -0.515 e. The van der Waals surface area contributed by atoms with E-state index in [1.165, 1.54) is 0 Å². The normalized spacial score (nSPS) is 19.7. The molecule has 3 heterocycles. The summed E-state index contributed by atoms with van der Waals surface area (Å²) in [6.45, 7) is 6.95. The van der Waals surface area contributed by atoms with E-state index in [1.807, 2.05) is 20.8 Å². The lowest BCUT2D eigenvalue weighted by Crippen LogP contribution is -2.40. The van der Waals surface area contributed by atoms with E-state index < -0.39 is 5.60 Å². The molecule has 0 aliphatic carbocycles. The fraction of sp³-hybridized carbons (Fsp3) is 0.588. The third kappa shape index (κ3) is 3.02. The number of carbonyl (C=O) groups excluding carboxylic acids is 2. The topological polar surface area (TPSA) is 84.7 Å². The van der Waals surface area contributed by atoms with Gasteiger partial charge in [0.2, 0.25) is 5.78 Å². The SMILES string of the molecule is CC(C)(C)OC(=O)N1CCc2nn3c(c2C1)C(=O)/C(=C\O)CCC3. The summed E-state index contributed by atoms with van der Waals surface area (Å²) in [6, 6.07) is 0. The summed E-state index contributed by atoms with van der Waals surface area (Å²) in [6.07, 6.45) is 2.39. The third-order valence-electron chi connectivity index (χ3n) is 4.23. The molecule has 0 unspecified atom stereocenters. The Bertz CT molecular complexity index is 712. The molecule has 1 aromatic heterocycles. The van der Waals surface area contributed by atoms with Crippen molar-refractivity contribution in [3.8, 4) is 0 Å². The van der Waals surface area contributed by atoms with Crippen LogP contribution >= 0.6 is 0 Å². The van der Waals surface area contributed by atoms with Gasteiger partial charge in [-0.15, -0.1) is 0 Å². The number of aliphatic hydroxyl groups excluding tert-OH is 1. The minimum atomic E-state index is -0.560. The first kappa shape index (κ1) is 16.5. The molecular weight excluding hydrogens is 310 g/mol. The number of hydrogen-bond acceptors (Lipinski definition) is 5. The molecule has 0 atom stereocenters. The number of aryl methyl sites for hydroxylation is 1. The predicted molar refractivity (Wildman–Crippen MR) is 86.9 cm³/mol. The highest BCUT2D eigenvalue weighted by atomic mass is 16.6. The van der Waals surface area contributed by atoms with Gasteiger partial charge in [-0.05, 0) is 33.6 Å². The van der Waals surface area contributed by atoms with Gasteiger partial charge in [-0.25, -0.2) is 4.79 Å². The summed E-state index contributed by atoms with van der Waals surface area (Å²) in [5, 5.41) is 13.9. The number of amides is 1. The molecule has 1 amide bonds. The summed E-state index contributed by atoms with van der Waals surface area (Å²) >= 11 is 0. The molecule has 0 saturated heterocycles. The van der Waals surface area contributed by atoms with Crippen LogP contribution in [0.1, 0.15) is 55.4 Å². The maximum absolute atomic E-state index is 12.7. The zero-order valence-electron chi connectivity index (χ0n) is 14.3. The van der Waals surface area contributed by atoms with Crippen molar-refractivity contribution in [2.45, 2.75) is 58.7 Å². The fourth-order valence-corrected chi connectivity index (χ4v) is 3.13. The number of ether oxygens (including phenoxy) is 1. The van der Waals surface area contributed by atoms with Gasteiger partial charge in [0.1, 0.15) is 11.3 Å². The molecule has 0 spiro atoms. The fourth-order valence-electron chi connectivity index (χ4n) is 3.13. The largest absolute Gasteiger partial charge is 0.515 e. The highest BCUT2D eigenvalue weighted by molar-refractivity contribution is 6.08. The van der Waals surface area contributed by atoms with Crippen molar-refractivity contribution in [1.29, 1.82) is 0 Å². The Morgan fingerprint density at radius 2 is 2.04 bits per heavy atom. The van der Waals surface area contributed by atoms with Gasteiger partial charge in [0, 0.05) is 30.6 Å². The lowest BCUT2D eigenvalue weighted by molar-refractivity contribution is 0.0222. The first-order valence-corrected chi connectivity index (χ1v) is 8.24. The second-order valence-electron chi connectivity index (χ2n) is 7.24. The maximum Gasteiger partial charge on any atom is 0.410 e.